The van der Waals surface area contributed by atoms with Crippen LogP contribution < -0.4 is 24.8 Å². The Morgan fingerprint density at radius 2 is 1.67 bits per heavy atom. The number of nitrogens with zero attached hydrogens (tertiary/aromatic N) is 1. The van der Waals surface area contributed by atoms with Gasteiger partial charge in [-0.15, -0.1) is 24.0 Å². The normalized spacial score (nSPS) is 16.1. The molecule has 0 aromatic heterocycles. The van der Waals surface area contributed by atoms with E-state index >= 15 is 0 Å². The predicted octanol–water partition coefficient (Wildman–Crippen LogP) is 2.51. The van der Waals surface area contributed by atoms with Crippen LogP contribution in [0.15, 0.2) is 17.1 Å². The zero-order valence-corrected chi connectivity index (χ0v) is 18.9. The van der Waals surface area contributed by atoms with Gasteiger partial charge in [-0.2, -0.15) is 0 Å². The Bertz CT molecular complexity index is 596. The Morgan fingerprint density at radius 1 is 1.07 bits per heavy atom. The van der Waals surface area contributed by atoms with Gasteiger partial charge >= 0.3 is 0 Å². The summed E-state index contributed by atoms with van der Waals surface area (Å²) in [5.74, 6) is 2.32. The smallest absolute Gasteiger partial charge is 0.203 e. The molecule has 0 amide bonds. The van der Waals surface area contributed by atoms with Gasteiger partial charge in [0.05, 0.1) is 26.9 Å². The van der Waals surface area contributed by atoms with Crippen LogP contribution in [0.5, 0.6) is 17.2 Å². The summed E-state index contributed by atoms with van der Waals surface area (Å²) >= 11 is 0. The molecule has 2 rings (SSSR count). The van der Waals surface area contributed by atoms with E-state index in [0.717, 1.165) is 18.5 Å². The van der Waals surface area contributed by atoms with Crippen molar-refractivity contribution < 1.29 is 23.7 Å². The van der Waals surface area contributed by atoms with Gasteiger partial charge in [-0.05, 0) is 0 Å². The van der Waals surface area contributed by atoms with Crippen LogP contribution in [0.4, 0.5) is 5.69 Å². The molecule has 0 saturated carbocycles. The van der Waals surface area contributed by atoms with Crippen molar-refractivity contribution >= 4 is 35.6 Å². The second kappa shape index (κ2) is 11.4. The highest BCUT2D eigenvalue weighted by Gasteiger charge is 2.32. The molecule has 9 heteroatoms. The third kappa shape index (κ3) is 6.01. The molecule has 0 unspecified atom stereocenters. The number of aliphatic imine (C=N–C) groups is 1. The first kappa shape index (κ1) is 23.6. The number of halogens is 1. The number of hydrogen-bond donors (Lipinski definition) is 2. The van der Waals surface area contributed by atoms with Gasteiger partial charge in [-0.1, -0.05) is 0 Å². The van der Waals surface area contributed by atoms with E-state index in [9.17, 15) is 0 Å². The molecule has 0 radical (unpaired) electrons. The van der Waals surface area contributed by atoms with Crippen molar-refractivity contribution in [2.75, 3.05) is 60.6 Å². The molecule has 1 aliphatic rings. The van der Waals surface area contributed by atoms with Crippen LogP contribution in [0.25, 0.3) is 0 Å². The maximum atomic E-state index is 5.75. The number of benzene rings is 1. The fourth-order valence-corrected chi connectivity index (χ4v) is 2.91. The predicted molar refractivity (Wildman–Crippen MR) is 116 cm³/mol. The molecule has 0 bridgehead atoms. The second-order valence-corrected chi connectivity index (χ2v) is 5.96. The molecule has 8 nitrogen and oxygen atoms in total. The van der Waals surface area contributed by atoms with Crippen molar-refractivity contribution in [3.05, 3.63) is 12.1 Å². The number of hydrogen-bond acceptors (Lipinski definition) is 6. The van der Waals surface area contributed by atoms with Gasteiger partial charge in [0.2, 0.25) is 5.75 Å². The minimum Gasteiger partial charge on any atom is -0.493 e. The van der Waals surface area contributed by atoms with Crippen LogP contribution in [0.3, 0.4) is 0 Å². The fraction of sp³-hybridized carbons (Fsp3) is 0.611. The minimum absolute atomic E-state index is 0. The number of methoxy groups -OCH3 is 4. The Labute approximate surface area is 178 Å². The molecule has 1 saturated heterocycles. The van der Waals surface area contributed by atoms with E-state index in [1.54, 1.807) is 35.5 Å². The van der Waals surface area contributed by atoms with E-state index in [1.807, 2.05) is 12.1 Å². The van der Waals surface area contributed by atoms with Crippen LogP contribution in [0, 0.1) is 0 Å². The van der Waals surface area contributed by atoms with Gasteiger partial charge in [-0.3, -0.25) is 4.99 Å². The lowest BCUT2D eigenvalue weighted by molar-refractivity contribution is -0.0854. The molecular formula is C18H30IN3O5. The van der Waals surface area contributed by atoms with Crippen molar-refractivity contribution in [2.45, 2.75) is 18.4 Å². The van der Waals surface area contributed by atoms with Crippen molar-refractivity contribution in [3.8, 4) is 17.2 Å². The minimum atomic E-state index is -0.245. The van der Waals surface area contributed by atoms with Crippen LogP contribution in [-0.2, 0) is 9.47 Å². The molecule has 1 aromatic carbocycles. The largest absolute Gasteiger partial charge is 0.493 e. The van der Waals surface area contributed by atoms with E-state index in [-0.39, 0.29) is 29.6 Å². The van der Waals surface area contributed by atoms with Crippen LogP contribution in [-0.4, -0.2) is 66.8 Å². The molecule has 27 heavy (non-hydrogen) atoms. The average molecular weight is 495 g/mol. The van der Waals surface area contributed by atoms with Gasteiger partial charge in [0.15, 0.2) is 17.5 Å². The SMILES string of the molecule is CN=C(NCC1(OC)CCOCC1)Nc1cc(OC)c(OC)c(OC)c1.I. The lowest BCUT2D eigenvalue weighted by Crippen LogP contribution is -2.49. The van der Waals surface area contributed by atoms with Crippen LogP contribution in [0.1, 0.15) is 12.8 Å². The topological polar surface area (TPSA) is 82.6 Å². The standard InChI is InChI=1S/C18H29N3O5.HI/c1-19-17(20-12-18(25-5)6-8-26-9-7-18)21-13-10-14(22-2)16(24-4)15(11-13)23-3;/h10-11H,6-9,12H2,1-5H3,(H2,19,20,21);1H. The van der Waals surface area contributed by atoms with Crippen LogP contribution in [0.2, 0.25) is 0 Å². The molecule has 1 fully saturated rings. The first-order valence-corrected chi connectivity index (χ1v) is 8.52. The summed E-state index contributed by atoms with van der Waals surface area (Å²) in [5.41, 5.74) is 0.525. The lowest BCUT2D eigenvalue weighted by Gasteiger charge is -2.36. The van der Waals surface area contributed by atoms with E-state index in [0.29, 0.717) is 43.0 Å². The summed E-state index contributed by atoms with van der Waals surface area (Å²) < 4.78 is 27.3. The summed E-state index contributed by atoms with van der Waals surface area (Å²) in [6, 6.07) is 3.66. The molecule has 0 atom stereocenters. The third-order valence-electron chi connectivity index (χ3n) is 4.57. The van der Waals surface area contributed by atoms with E-state index in [4.69, 9.17) is 23.7 Å². The number of ether oxygens (including phenoxy) is 5. The summed E-state index contributed by atoms with van der Waals surface area (Å²) in [6.07, 6.45) is 1.69. The Morgan fingerprint density at radius 3 is 2.11 bits per heavy atom. The Hall–Kier alpha value is -1.46. The number of guanidine groups is 1. The van der Waals surface area contributed by atoms with Crippen molar-refractivity contribution in [2.24, 2.45) is 4.99 Å². The molecule has 0 aliphatic carbocycles. The molecule has 1 heterocycles. The maximum absolute atomic E-state index is 5.75. The summed E-state index contributed by atoms with van der Waals surface area (Å²) in [4.78, 5) is 4.28. The van der Waals surface area contributed by atoms with Gasteiger partial charge < -0.3 is 34.3 Å². The molecule has 154 valence electrons. The number of rotatable bonds is 7. The van der Waals surface area contributed by atoms with Crippen molar-refractivity contribution in [3.63, 3.8) is 0 Å². The monoisotopic (exact) mass is 495 g/mol. The Kier molecular flexibility index (Phi) is 9.95. The quantitative estimate of drug-likeness (QED) is 0.342. The zero-order chi connectivity index (χ0) is 19.0. The number of nitrogens with one attached hydrogen (secondary N) is 2. The molecule has 2 N–H and O–H groups in total. The van der Waals surface area contributed by atoms with Gasteiger partial charge in [0, 0.05) is 64.6 Å². The molecular weight excluding hydrogens is 465 g/mol. The van der Waals surface area contributed by atoms with Crippen molar-refractivity contribution in [1.82, 2.24) is 5.32 Å². The first-order valence-electron chi connectivity index (χ1n) is 8.52. The highest BCUT2D eigenvalue weighted by Crippen LogP contribution is 2.39. The Balaban J connectivity index is 0.00000364. The molecule has 0 spiro atoms. The van der Waals surface area contributed by atoms with E-state index in [2.05, 4.69) is 15.6 Å². The first-order chi connectivity index (χ1) is 12.6. The summed E-state index contributed by atoms with van der Waals surface area (Å²) in [5, 5.41) is 6.58. The summed E-state index contributed by atoms with van der Waals surface area (Å²) in [7, 11) is 8.20. The van der Waals surface area contributed by atoms with Crippen LogP contribution >= 0.6 is 24.0 Å². The van der Waals surface area contributed by atoms with Gasteiger partial charge in [0.1, 0.15) is 0 Å². The zero-order valence-electron chi connectivity index (χ0n) is 16.6. The number of anilines is 1. The lowest BCUT2D eigenvalue weighted by atomic mass is 9.94. The highest BCUT2D eigenvalue weighted by atomic mass is 127. The third-order valence-corrected chi connectivity index (χ3v) is 4.57. The fourth-order valence-electron chi connectivity index (χ4n) is 2.91. The molecule has 1 aromatic rings. The molecule has 1 aliphatic heterocycles. The van der Waals surface area contributed by atoms with Crippen molar-refractivity contribution in [1.29, 1.82) is 0 Å². The maximum Gasteiger partial charge on any atom is 0.203 e. The highest BCUT2D eigenvalue weighted by molar-refractivity contribution is 14.0. The van der Waals surface area contributed by atoms with E-state index < -0.39 is 0 Å². The average Bonchev–Trinajstić information content (AvgIpc) is 2.70. The summed E-state index contributed by atoms with van der Waals surface area (Å²) in [6.45, 7) is 2.04. The van der Waals surface area contributed by atoms with Gasteiger partial charge in [-0.25, -0.2) is 0 Å². The van der Waals surface area contributed by atoms with E-state index in [1.165, 1.54) is 0 Å². The second-order valence-electron chi connectivity index (χ2n) is 5.96. The van der Waals surface area contributed by atoms with Gasteiger partial charge in [0.25, 0.3) is 0 Å².